The Morgan fingerprint density at radius 3 is 2.82 bits per heavy atom. The maximum Gasteiger partial charge on any atom is 0.0550 e. The van der Waals surface area contributed by atoms with Crippen LogP contribution in [0.25, 0.3) is 0 Å². The maximum absolute atomic E-state index is 4.02. The predicted molar refractivity (Wildman–Crippen MR) is 52.0 cm³/mol. The quantitative estimate of drug-likeness (QED) is 0.324. The zero-order valence-corrected chi connectivity index (χ0v) is 7.51. The van der Waals surface area contributed by atoms with Gasteiger partial charge in [-0.15, -0.1) is 0 Å². The summed E-state index contributed by atoms with van der Waals surface area (Å²) in [7, 11) is 0. The van der Waals surface area contributed by atoms with Gasteiger partial charge < -0.3 is 0 Å². The molecule has 1 heteroatoms. The molecule has 0 amide bonds. The third kappa shape index (κ3) is 7.04. The van der Waals surface area contributed by atoms with Crippen molar-refractivity contribution in [2.45, 2.75) is 33.1 Å². The molecule has 0 fully saturated rings. The van der Waals surface area contributed by atoms with Crippen LogP contribution in [0.15, 0.2) is 29.4 Å². The highest BCUT2D eigenvalue weighted by Crippen LogP contribution is 1.99. The summed E-state index contributed by atoms with van der Waals surface area (Å²) in [4.78, 5) is 4.02. The fourth-order valence-electron chi connectivity index (χ4n) is 0.750. The lowest BCUT2D eigenvalue weighted by Gasteiger charge is -1.89. The summed E-state index contributed by atoms with van der Waals surface area (Å²) in [5, 5.41) is 0. The molecule has 1 nitrogen and oxygen atoms in total. The van der Waals surface area contributed by atoms with Crippen molar-refractivity contribution in [3.63, 3.8) is 0 Å². The first kappa shape index (κ1) is 10.2. The summed E-state index contributed by atoms with van der Waals surface area (Å²) in [6.45, 7) is 7.84. The third-order valence-electron chi connectivity index (χ3n) is 1.33. The van der Waals surface area contributed by atoms with Gasteiger partial charge >= 0.3 is 0 Å². The fourth-order valence-corrected chi connectivity index (χ4v) is 0.750. The van der Waals surface area contributed by atoms with E-state index in [4.69, 9.17) is 0 Å². The number of hydrogen-bond donors (Lipinski definition) is 0. The Labute approximate surface area is 69.5 Å². The van der Waals surface area contributed by atoms with E-state index in [9.17, 15) is 0 Å². The number of hydrogen-bond acceptors (Lipinski definition) is 1. The molecule has 0 aliphatic rings. The lowest BCUT2D eigenvalue weighted by molar-refractivity contribution is 0.814. The first-order valence-corrected chi connectivity index (χ1v) is 4.15. The Morgan fingerprint density at radius 1 is 1.55 bits per heavy atom. The largest absolute Gasteiger partial charge is 0.262 e. The average Bonchev–Trinajstić information content (AvgIpc) is 1.99. The highest BCUT2D eigenvalue weighted by Gasteiger charge is 1.80. The molecule has 62 valence electrons. The van der Waals surface area contributed by atoms with Gasteiger partial charge in [-0.05, 0) is 19.4 Å². The molecule has 11 heavy (non-hydrogen) atoms. The summed E-state index contributed by atoms with van der Waals surface area (Å²) in [5.41, 5.74) is 0.837. The Kier molecular flexibility index (Phi) is 6.70. The lowest BCUT2D eigenvalue weighted by Crippen LogP contribution is -1.70. The Bertz CT molecular complexity index is 154. The van der Waals surface area contributed by atoms with E-state index < -0.39 is 0 Å². The molecule has 0 aromatic carbocycles. The molecule has 0 rings (SSSR count). The monoisotopic (exact) mass is 151 g/mol. The molecular weight excluding hydrogens is 134 g/mol. The van der Waals surface area contributed by atoms with Crippen LogP contribution in [-0.4, -0.2) is 6.21 Å². The van der Waals surface area contributed by atoms with Gasteiger partial charge in [0.2, 0.25) is 0 Å². The van der Waals surface area contributed by atoms with Crippen LogP contribution < -0.4 is 0 Å². The van der Waals surface area contributed by atoms with Gasteiger partial charge in [0.25, 0.3) is 0 Å². The lowest BCUT2D eigenvalue weighted by atomic mass is 10.2. The topological polar surface area (TPSA) is 12.4 Å². The van der Waals surface area contributed by atoms with E-state index in [0.717, 1.165) is 12.1 Å². The van der Waals surface area contributed by atoms with E-state index in [0.29, 0.717) is 0 Å². The van der Waals surface area contributed by atoms with Crippen molar-refractivity contribution in [1.82, 2.24) is 0 Å². The number of allylic oxidation sites excluding steroid dienone is 2. The smallest absolute Gasteiger partial charge is 0.0550 e. The van der Waals surface area contributed by atoms with Gasteiger partial charge in [-0.3, -0.25) is 4.99 Å². The molecule has 0 bridgehead atoms. The Hall–Kier alpha value is -0.850. The molecule has 0 aromatic rings. The highest BCUT2D eigenvalue weighted by molar-refractivity contribution is 5.55. The van der Waals surface area contributed by atoms with E-state index >= 15 is 0 Å². The van der Waals surface area contributed by atoms with Gasteiger partial charge in [0.05, 0.1) is 5.70 Å². The van der Waals surface area contributed by atoms with Gasteiger partial charge in [-0.25, -0.2) is 0 Å². The molecule has 0 aliphatic carbocycles. The molecule has 0 heterocycles. The molecule has 0 aliphatic heterocycles. The second kappa shape index (κ2) is 7.26. The summed E-state index contributed by atoms with van der Waals surface area (Å²) in [5.74, 6) is 0. The normalized spacial score (nSPS) is 11.5. The van der Waals surface area contributed by atoms with E-state index in [1.54, 1.807) is 6.21 Å². The Morgan fingerprint density at radius 2 is 2.27 bits per heavy atom. The van der Waals surface area contributed by atoms with Crippen molar-refractivity contribution in [3.05, 3.63) is 24.4 Å². The molecule has 0 atom stereocenters. The minimum Gasteiger partial charge on any atom is -0.262 e. The predicted octanol–water partition coefficient (Wildman–Crippen LogP) is 3.34. The number of aliphatic imine (C=N–C) groups is 1. The van der Waals surface area contributed by atoms with Crippen LogP contribution in [0.5, 0.6) is 0 Å². The number of nitrogens with zero attached hydrogens (tertiary/aromatic N) is 1. The van der Waals surface area contributed by atoms with Crippen molar-refractivity contribution >= 4 is 6.21 Å². The third-order valence-corrected chi connectivity index (χ3v) is 1.33. The summed E-state index contributed by atoms with van der Waals surface area (Å²) in [6.07, 6.45) is 9.48. The van der Waals surface area contributed by atoms with Crippen molar-refractivity contribution in [2.24, 2.45) is 4.99 Å². The van der Waals surface area contributed by atoms with Gasteiger partial charge in [0.1, 0.15) is 0 Å². The van der Waals surface area contributed by atoms with E-state index in [1.165, 1.54) is 12.8 Å². The van der Waals surface area contributed by atoms with Crippen LogP contribution in [0.1, 0.15) is 33.1 Å². The molecule has 0 saturated heterocycles. The minimum absolute atomic E-state index is 0.837. The highest BCUT2D eigenvalue weighted by atomic mass is 14.7. The molecule has 0 N–H and O–H groups in total. The zero-order chi connectivity index (χ0) is 8.53. The van der Waals surface area contributed by atoms with E-state index in [2.05, 4.69) is 24.6 Å². The maximum atomic E-state index is 4.02. The summed E-state index contributed by atoms with van der Waals surface area (Å²) >= 11 is 0. The summed E-state index contributed by atoms with van der Waals surface area (Å²) in [6, 6.07) is 0. The molecule has 0 unspecified atom stereocenters. The van der Waals surface area contributed by atoms with Crippen molar-refractivity contribution in [2.75, 3.05) is 0 Å². The van der Waals surface area contributed by atoms with Crippen LogP contribution in [0, 0.1) is 0 Å². The second-order valence-corrected chi connectivity index (χ2v) is 2.42. The first-order chi connectivity index (χ1) is 5.31. The molecule has 0 saturated carbocycles. The average molecular weight is 151 g/mol. The van der Waals surface area contributed by atoms with Crippen molar-refractivity contribution in [3.8, 4) is 0 Å². The van der Waals surface area contributed by atoms with Crippen LogP contribution in [0.4, 0.5) is 0 Å². The van der Waals surface area contributed by atoms with Crippen LogP contribution in [0.3, 0.4) is 0 Å². The standard InChI is InChI=1S/C10H17N/c1-4-6-7-8-9-10(3)11-5-2/h5,8-9H,3-4,6-7H2,1-2H3/b9-8-,11-5?. The minimum atomic E-state index is 0.837. The fraction of sp³-hybridized carbons (Fsp3) is 0.500. The van der Waals surface area contributed by atoms with Crippen molar-refractivity contribution < 1.29 is 0 Å². The number of rotatable bonds is 5. The first-order valence-electron chi connectivity index (χ1n) is 4.15. The molecule has 0 radical (unpaired) electrons. The van der Waals surface area contributed by atoms with Crippen LogP contribution in [-0.2, 0) is 0 Å². The second-order valence-electron chi connectivity index (χ2n) is 2.42. The van der Waals surface area contributed by atoms with Gasteiger partial charge in [-0.2, -0.15) is 0 Å². The Balaban J connectivity index is 3.48. The van der Waals surface area contributed by atoms with E-state index in [1.807, 2.05) is 13.0 Å². The molecule has 0 aromatic heterocycles. The SMILES string of the molecule is C=C(/C=C\CCCC)N=CC. The number of unbranched alkanes of at least 4 members (excludes halogenated alkanes) is 2. The van der Waals surface area contributed by atoms with Gasteiger partial charge in [0.15, 0.2) is 0 Å². The summed E-state index contributed by atoms with van der Waals surface area (Å²) < 4.78 is 0. The van der Waals surface area contributed by atoms with E-state index in [-0.39, 0.29) is 0 Å². The molecule has 0 spiro atoms. The van der Waals surface area contributed by atoms with Crippen LogP contribution in [0.2, 0.25) is 0 Å². The molecular formula is C10H17N. The van der Waals surface area contributed by atoms with Gasteiger partial charge in [-0.1, -0.05) is 32.4 Å². The van der Waals surface area contributed by atoms with Crippen LogP contribution >= 0.6 is 0 Å². The van der Waals surface area contributed by atoms with Gasteiger partial charge in [0, 0.05) is 6.21 Å². The zero-order valence-electron chi connectivity index (χ0n) is 7.51. The van der Waals surface area contributed by atoms with Crippen molar-refractivity contribution in [1.29, 1.82) is 0 Å².